The van der Waals surface area contributed by atoms with Crippen molar-refractivity contribution < 1.29 is 0 Å². The molecule has 0 aromatic heterocycles. The Balaban J connectivity index is 1.16. The standard InChI is InChI=1S/C63H46N2/c1-44(46-24-9-3-10-25-46)64-63(51-34-19-8-20-35-51)65-45(2)54-40-41-55(57-39-22-21-38-56(54)57)52-36-23-37-53(42-52)59-43-58(47-26-11-4-12-27-47)60(48-28-13-5-14-29-48)62(50-32-17-7-18-33-50)61(59)49-30-15-6-16-31-49/h3-43H,1H2,2H3/b64-63-,65-45+. The van der Waals surface area contributed by atoms with Crippen molar-refractivity contribution in [1.82, 2.24) is 0 Å². The van der Waals surface area contributed by atoms with Crippen LogP contribution in [0.15, 0.2) is 265 Å². The molecule has 0 radical (unpaired) electrons. The number of aliphatic imine (C=N–C) groups is 2. The topological polar surface area (TPSA) is 24.7 Å². The molecule has 0 amide bonds. The molecule has 2 heteroatoms. The average Bonchev–Trinajstić information content (AvgIpc) is 3.39. The van der Waals surface area contributed by atoms with Gasteiger partial charge in [0.2, 0.25) is 0 Å². The van der Waals surface area contributed by atoms with Gasteiger partial charge in [-0.25, -0.2) is 9.98 Å². The van der Waals surface area contributed by atoms with E-state index in [-0.39, 0.29) is 0 Å². The third kappa shape index (κ3) is 8.42. The molecule has 0 aliphatic heterocycles. The highest BCUT2D eigenvalue weighted by molar-refractivity contribution is 6.18. The van der Waals surface area contributed by atoms with Crippen LogP contribution in [0.1, 0.15) is 23.6 Å². The van der Waals surface area contributed by atoms with Crippen LogP contribution in [0.5, 0.6) is 0 Å². The molecule has 0 saturated heterocycles. The van der Waals surface area contributed by atoms with Gasteiger partial charge in [0.1, 0.15) is 0 Å². The molecule has 65 heavy (non-hydrogen) atoms. The predicted octanol–water partition coefficient (Wildman–Crippen LogP) is 16.8. The van der Waals surface area contributed by atoms with E-state index in [2.05, 4.69) is 202 Å². The highest BCUT2D eigenvalue weighted by atomic mass is 14.9. The van der Waals surface area contributed by atoms with Crippen LogP contribution < -0.4 is 0 Å². The summed E-state index contributed by atoms with van der Waals surface area (Å²) in [7, 11) is 0. The van der Waals surface area contributed by atoms with Gasteiger partial charge in [0, 0.05) is 16.8 Å². The van der Waals surface area contributed by atoms with Gasteiger partial charge in [0.15, 0.2) is 5.84 Å². The van der Waals surface area contributed by atoms with Gasteiger partial charge in [0.25, 0.3) is 0 Å². The molecule has 10 aromatic carbocycles. The second-order valence-corrected chi connectivity index (χ2v) is 16.2. The molecule has 0 bridgehead atoms. The Bertz CT molecular complexity index is 3340. The zero-order valence-electron chi connectivity index (χ0n) is 36.3. The maximum Gasteiger partial charge on any atom is 0.160 e. The van der Waals surface area contributed by atoms with E-state index < -0.39 is 0 Å². The number of nitrogens with zero attached hydrogens (tertiary/aromatic N) is 2. The normalized spacial score (nSPS) is 11.7. The molecule has 0 saturated carbocycles. The first-order valence-corrected chi connectivity index (χ1v) is 22.1. The summed E-state index contributed by atoms with van der Waals surface area (Å²) >= 11 is 0. The van der Waals surface area contributed by atoms with Gasteiger partial charge in [-0.15, -0.1) is 0 Å². The molecule has 0 heterocycles. The molecule has 0 aliphatic carbocycles. The number of hydrogen-bond acceptors (Lipinski definition) is 1. The lowest BCUT2D eigenvalue weighted by Crippen LogP contribution is -2.05. The lowest BCUT2D eigenvalue weighted by molar-refractivity contribution is 1.44. The van der Waals surface area contributed by atoms with Crippen LogP contribution in [-0.4, -0.2) is 11.5 Å². The van der Waals surface area contributed by atoms with Crippen LogP contribution in [0.2, 0.25) is 0 Å². The van der Waals surface area contributed by atoms with Crippen LogP contribution in [0.4, 0.5) is 0 Å². The quantitative estimate of drug-likeness (QED) is 0.0969. The molecular weight excluding hydrogens is 785 g/mol. The minimum Gasteiger partial charge on any atom is -0.233 e. The summed E-state index contributed by atoms with van der Waals surface area (Å²) in [4.78, 5) is 10.2. The molecular formula is C63H46N2. The van der Waals surface area contributed by atoms with Crippen molar-refractivity contribution in [3.63, 3.8) is 0 Å². The first-order valence-electron chi connectivity index (χ1n) is 22.1. The van der Waals surface area contributed by atoms with Gasteiger partial charge < -0.3 is 0 Å². The summed E-state index contributed by atoms with van der Waals surface area (Å²) in [6.45, 7) is 6.39. The van der Waals surface area contributed by atoms with Gasteiger partial charge in [-0.1, -0.05) is 243 Å². The van der Waals surface area contributed by atoms with Crippen molar-refractivity contribution in [3.05, 3.63) is 272 Å². The van der Waals surface area contributed by atoms with Crippen LogP contribution in [-0.2, 0) is 0 Å². The third-order valence-corrected chi connectivity index (χ3v) is 12.1. The van der Waals surface area contributed by atoms with Crippen LogP contribution in [0, 0.1) is 0 Å². The van der Waals surface area contributed by atoms with E-state index in [9.17, 15) is 0 Å². The van der Waals surface area contributed by atoms with Crippen LogP contribution in [0.3, 0.4) is 0 Å². The fourth-order valence-corrected chi connectivity index (χ4v) is 8.96. The maximum absolute atomic E-state index is 5.23. The highest BCUT2D eigenvalue weighted by Crippen LogP contribution is 2.50. The maximum atomic E-state index is 5.23. The van der Waals surface area contributed by atoms with Crippen molar-refractivity contribution in [1.29, 1.82) is 0 Å². The SMILES string of the molecule is C=C(/N=C(\N=C(/C)c1ccc(-c2cccc(-c3cc(-c4ccccc4)c(-c4ccccc4)c(-c4ccccc4)c3-c3ccccc3)c2)c2ccccc12)c1ccccc1)c1ccccc1. The number of benzene rings is 10. The minimum absolute atomic E-state index is 0.620. The van der Waals surface area contributed by atoms with E-state index in [1.807, 2.05) is 60.7 Å². The number of rotatable bonds is 10. The summed E-state index contributed by atoms with van der Waals surface area (Å²) in [6.07, 6.45) is 0. The summed E-state index contributed by atoms with van der Waals surface area (Å²) in [5.41, 5.74) is 18.6. The van der Waals surface area contributed by atoms with Gasteiger partial charge in [0.05, 0.1) is 5.70 Å². The molecule has 0 N–H and O–H groups in total. The molecule has 0 aliphatic rings. The van der Waals surface area contributed by atoms with Gasteiger partial charge in [-0.3, -0.25) is 0 Å². The Morgan fingerprint density at radius 3 is 1.29 bits per heavy atom. The molecule has 0 unspecified atom stereocenters. The lowest BCUT2D eigenvalue weighted by Gasteiger charge is -2.24. The fourth-order valence-electron chi connectivity index (χ4n) is 8.96. The summed E-state index contributed by atoms with van der Waals surface area (Å²) in [5, 5.41) is 2.28. The molecule has 0 spiro atoms. The van der Waals surface area contributed by atoms with E-state index in [1.54, 1.807) is 0 Å². The van der Waals surface area contributed by atoms with Crippen molar-refractivity contribution in [2.45, 2.75) is 6.92 Å². The van der Waals surface area contributed by atoms with E-state index in [0.717, 1.165) is 49.9 Å². The molecule has 2 nitrogen and oxygen atoms in total. The van der Waals surface area contributed by atoms with Crippen molar-refractivity contribution >= 4 is 28.0 Å². The molecule has 308 valence electrons. The summed E-state index contributed by atoms with van der Waals surface area (Å²) in [5.74, 6) is 0.620. The Kier molecular flexibility index (Phi) is 11.5. The first kappa shape index (κ1) is 40.6. The minimum atomic E-state index is 0.620. The van der Waals surface area contributed by atoms with Gasteiger partial charge >= 0.3 is 0 Å². The van der Waals surface area contributed by atoms with E-state index in [4.69, 9.17) is 9.98 Å². The predicted molar refractivity (Wildman–Crippen MR) is 277 cm³/mol. The van der Waals surface area contributed by atoms with Crippen LogP contribution >= 0.6 is 0 Å². The monoisotopic (exact) mass is 830 g/mol. The fraction of sp³-hybridized carbons (Fsp3) is 0.0159. The highest BCUT2D eigenvalue weighted by Gasteiger charge is 2.24. The smallest absolute Gasteiger partial charge is 0.160 e. The first-order chi connectivity index (χ1) is 32.1. The lowest BCUT2D eigenvalue weighted by atomic mass is 9.78. The number of amidine groups is 1. The summed E-state index contributed by atoms with van der Waals surface area (Å²) < 4.78 is 0. The second-order valence-electron chi connectivity index (χ2n) is 16.2. The number of hydrogen-bond donors (Lipinski definition) is 0. The van der Waals surface area contributed by atoms with E-state index >= 15 is 0 Å². The molecule has 10 aromatic rings. The summed E-state index contributed by atoms with van der Waals surface area (Å²) in [6, 6.07) is 88.2. The Morgan fingerprint density at radius 2 is 0.738 bits per heavy atom. The van der Waals surface area contributed by atoms with Gasteiger partial charge in [-0.2, -0.15) is 0 Å². The largest absolute Gasteiger partial charge is 0.233 e. The molecule has 10 rings (SSSR count). The zero-order chi connectivity index (χ0) is 44.0. The Morgan fingerprint density at radius 1 is 0.323 bits per heavy atom. The molecule has 0 atom stereocenters. The van der Waals surface area contributed by atoms with Crippen LogP contribution in [0.25, 0.3) is 83.2 Å². The Labute approximate surface area is 381 Å². The van der Waals surface area contributed by atoms with E-state index in [1.165, 1.54) is 50.1 Å². The third-order valence-electron chi connectivity index (χ3n) is 12.1. The van der Waals surface area contributed by atoms with Crippen molar-refractivity contribution in [3.8, 4) is 66.8 Å². The Hall–Kier alpha value is -8.46. The molecule has 0 fully saturated rings. The zero-order valence-corrected chi connectivity index (χ0v) is 36.3. The van der Waals surface area contributed by atoms with Crippen molar-refractivity contribution in [2.75, 3.05) is 0 Å². The van der Waals surface area contributed by atoms with Gasteiger partial charge in [-0.05, 0) is 102 Å². The van der Waals surface area contributed by atoms with Crippen molar-refractivity contribution in [2.24, 2.45) is 9.98 Å². The second kappa shape index (κ2) is 18.5. The average molecular weight is 831 g/mol. The van der Waals surface area contributed by atoms with E-state index in [0.29, 0.717) is 11.5 Å². The number of fused-ring (bicyclic) bond motifs is 1.